The molecule has 1 aromatic carbocycles. The fraction of sp³-hybridized carbons (Fsp3) is 0.261. The van der Waals surface area contributed by atoms with Crippen molar-refractivity contribution in [2.45, 2.75) is 13.0 Å². The Bertz CT molecular complexity index is 1130. The lowest BCUT2D eigenvalue weighted by Gasteiger charge is -2.34. The van der Waals surface area contributed by atoms with Gasteiger partial charge in [-0.15, -0.1) is 11.3 Å². The molecule has 0 radical (unpaired) electrons. The van der Waals surface area contributed by atoms with Crippen molar-refractivity contribution in [2.24, 2.45) is 0 Å². The van der Waals surface area contributed by atoms with Crippen LogP contribution in [0.5, 0.6) is 0 Å². The highest BCUT2D eigenvalue weighted by Crippen LogP contribution is 2.26. The van der Waals surface area contributed by atoms with Crippen LogP contribution in [0.15, 0.2) is 63.1 Å². The smallest absolute Gasteiger partial charge is 0.268 e. The van der Waals surface area contributed by atoms with Crippen LogP contribution < -0.4 is 0 Å². The molecular formula is C23H22N4O2S2. The number of hydrogen-bond donors (Lipinski definition) is 0. The highest BCUT2D eigenvalue weighted by molar-refractivity contribution is 7.13. The Morgan fingerprint density at radius 1 is 1.03 bits per heavy atom. The van der Waals surface area contributed by atoms with Crippen LogP contribution in [0.4, 0.5) is 0 Å². The van der Waals surface area contributed by atoms with E-state index >= 15 is 0 Å². The Labute approximate surface area is 188 Å². The molecule has 4 heterocycles. The minimum Gasteiger partial charge on any atom is -0.340 e. The summed E-state index contributed by atoms with van der Waals surface area (Å²) in [7, 11) is 0. The number of aromatic nitrogens is 2. The van der Waals surface area contributed by atoms with Gasteiger partial charge < -0.3 is 9.42 Å². The average Bonchev–Trinajstić information content (AvgIpc) is 3.56. The lowest BCUT2D eigenvalue weighted by molar-refractivity contribution is -0.132. The molecule has 0 N–H and O–H groups in total. The topological polar surface area (TPSA) is 62.5 Å². The number of carbonyl (C=O) groups is 1. The highest BCUT2D eigenvalue weighted by atomic mass is 32.1. The minimum absolute atomic E-state index is 0.221. The first-order valence-electron chi connectivity index (χ1n) is 10.2. The van der Waals surface area contributed by atoms with Crippen LogP contribution in [0.1, 0.15) is 11.1 Å². The van der Waals surface area contributed by atoms with E-state index in [1.165, 1.54) is 5.56 Å². The van der Waals surface area contributed by atoms with E-state index in [2.05, 4.69) is 27.2 Å². The minimum atomic E-state index is 0.221. The molecule has 0 atom stereocenters. The zero-order valence-electron chi connectivity index (χ0n) is 16.9. The lowest BCUT2D eigenvalue weighted by Crippen LogP contribution is -2.48. The van der Waals surface area contributed by atoms with Crippen molar-refractivity contribution in [1.82, 2.24) is 19.9 Å². The summed E-state index contributed by atoms with van der Waals surface area (Å²) in [5, 5.41) is 10.2. The number of piperazine rings is 1. The molecule has 1 aliphatic rings. The molecule has 4 aromatic rings. The fourth-order valence-corrected chi connectivity index (χ4v) is 5.06. The second-order valence-corrected chi connectivity index (χ2v) is 9.29. The molecule has 1 fully saturated rings. The molecule has 0 saturated carbocycles. The Hall–Kier alpha value is -2.81. The van der Waals surface area contributed by atoms with Crippen molar-refractivity contribution >= 4 is 28.6 Å². The summed E-state index contributed by atoms with van der Waals surface area (Å²) in [6.07, 6.45) is 0.504. The zero-order chi connectivity index (χ0) is 21.0. The average molecular weight is 451 g/mol. The lowest BCUT2D eigenvalue weighted by atomic mass is 10.1. The van der Waals surface area contributed by atoms with Gasteiger partial charge in [-0.05, 0) is 45.5 Å². The first-order chi connectivity index (χ1) is 15.2. The zero-order valence-corrected chi connectivity index (χ0v) is 18.6. The molecule has 31 heavy (non-hydrogen) atoms. The van der Waals surface area contributed by atoms with E-state index in [1.807, 2.05) is 51.4 Å². The maximum absolute atomic E-state index is 12.5. The maximum Gasteiger partial charge on any atom is 0.268 e. The first-order valence-corrected chi connectivity index (χ1v) is 12.0. The van der Waals surface area contributed by atoms with E-state index in [1.54, 1.807) is 22.7 Å². The second kappa shape index (κ2) is 9.13. The molecule has 8 heteroatoms. The third-order valence-electron chi connectivity index (χ3n) is 5.41. The summed E-state index contributed by atoms with van der Waals surface area (Å²) in [4.78, 5) is 22.4. The summed E-state index contributed by atoms with van der Waals surface area (Å²) in [6, 6.07) is 14.3. The number of thiophene rings is 2. The molecule has 1 saturated heterocycles. The van der Waals surface area contributed by atoms with Crippen molar-refractivity contribution in [1.29, 1.82) is 0 Å². The monoisotopic (exact) mass is 450 g/mol. The van der Waals surface area contributed by atoms with Crippen molar-refractivity contribution < 1.29 is 9.32 Å². The molecule has 6 nitrogen and oxygen atoms in total. The summed E-state index contributed by atoms with van der Waals surface area (Å²) in [5.41, 5.74) is 3.27. The molecule has 0 bridgehead atoms. The third kappa shape index (κ3) is 4.76. The van der Waals surface area contributed by atoms with Crippen molar-refractivity contribution in [2.75, 3.05) is 26.2 Å². The van der Waals surface area contributed by atoms with E-state index in [0.717, 1.165) is 48.7 Å². The normalized spacial score (nSPS) is 14.8. The molecule has 0 aliphatic carbocycles. The van der Waals surface area contributed by atoms with Gasteiger partial charge in [0.25, 0.3) is 5.89 Å². The van der Waals surface area contributed by atoms with Crippen LogP contribution in [0.3, 0.4) is 0 Å². The van der Waals surface area contributed by atoms with Crippen LogP contribution in [0, 0.1) is 0 Å². The summed E-state index contributed by atoms with van der Waals surface area (Å²) >= 11 is 3.22. The van der Waals surface area contributed by atoms with Crippen molar-refractivity contribution in [3.05, 3.63) is 69.7 Å². The molecule has 158 valence electrons. The number of carbonyl (C=O) groups excluding carboxylic acids is 1. The first kappa shape index (κ1) is 20.1. The molecule has 0 spiro atoms. The Morgan fingerprint density at radius 2 is 1.94 bits per heavy atom. The Kier molecular flexibility index (Phi) is 5.93. The van der Waals surface area contributed by atoms with Gasteiger partial charge in [0, 0.05) is 38.3 Å². The van der Waals surface area contributed by atoms with Gasteiger partial charge in [0.15, 0.2) is 0 Å². The van der Waals surface area contributed by atoms with E-state index in [4.69, 9.17) is 4.52 Å². The SMILES string of the molecule is O=C(Cc1ccsc1)N1CCN(Cc2cccc(-c3noc(-c4cccs4)n3)c2)CC1. The number of nitrogens with zero attached hydrogens (tertiary/aromatic N) is 4. The van der Waals surface area contributed by atoms with Gasteiger partial charge in [0.2, 0.25) is 11.7 Å². The van der Waals surface area contributed by atoms with Crippen LogP contribution in [0.2, 0.25) is 0 Å². The van der Waals surface area contributed by atoms with Crippen LogP contribution >= 0.6 is 22.7 Å². The fourth-order valence-electron chi connectivity index (χ4n) is 3.74. The molecular weight excluding hydrogens is 428 g/mol. The maximum atomic E-state index is 12.5. The number of rotatable bonds is 6. The van der Waals surface area contributed by atoms with Crippen LogP contribution in [0.25, 0.3) is 22.2 Å². The van der Waals surface area contributed by atoms with Gasteiger partial charge in [0.1, 0.15) is 0 Å². The predicted molar refractivity (Wildman–Crippen MR) is 123 cm³/mol. The standard InChI is InChI=1S/C23H22N4O2S2/c28-21(14-18-6-12-30-16-18)27-9-7-26(8-10-27)15-17-3-1-4-19(13-17)22-24-23(29-25-22)20-5-2-11-31-20/h1-6,11-13,16H,7-10,14-15H2. The predicted octanol–water partition coefficient (Wildman–Crippen LogP) is 4.41. The van der Waals surface area contributed by atoms with Crippen molar-refractivity contribution in [3.63, 3.8) is 0 Å². The number of hydrogen-bond acceptors (Lipinski definition) is 7. The number of benzene rings is 1. The summed E-state index contributed by atoms with van der Waals surface area (Å²) < 4.78 is 5.43. The Morgan fingerprint density at radius 3 is 2.71 bits per heavy atom. The number of amides is 1. The summed E-state index contributed by atoms with van der Waals surface area (Å²) in [6.45, 7) is 4.15. The largest absolute Gasteiger partial charge is 0.340 e. The molecule has 3 aromatic heterocycles. The van der Waals surface area contributed by atoms with Crippen LogP contribution in [-0.4, -0.2) is 52.0 Å². The summed E-state index contributed by atoms with van der Waals surface area (Å²) in [5.74, 6) is 1.38. The quantitative estimate of drug-likeness (QED) is 0.435. The molecule has 1 amide bonds. The highest BCUT2D eigenvalue weighted by Gasteiger charge is 2.21. The van der Waals surface area contributed by atoms with Gasteiger partial charge in [-0.1, -0.05) is 29.4 Å². The van der Waals surface area contributed by atoms with Gasteiger partial charge in [0.05, 0.1) is 11.3 Å². The van der Waals surface area contributed by atoms with Gasteiger partial charge in [-0.2, -0.15) is 16.3 Å². The third-order valence-corrected chi connectivity index (χ3v) is 7.00. The van der Waals surface area contributed by atoms with Gasteiger partial charge in [-0.25, -0.2) is 0 Å². The van der Waals surface area contributed by atoms with Gasteiger partial charge in [-0.3, -0.25) is 9.69 Å². The van der Waals surface area contributed by atoms with Crippen LogP contribution in [-0.2, 0) is 17.8 Å². The van der Waals surface area contributed by atoms with E-state index in [0.29, 0.717) is 18.1 Å². The van der Waals surface area contributed by atoms with Gasteiger partial charge >= 0.3 is 0 Å². The molecule has 0 unspecified atom stereocenters. The van der Waals surface area contributed by atoms with E-state index in [9.17, 15) is 4.79 Å². The van der Waals surface area contributed by atoms with Crippen molar-refractivity contribution in [3.8, 4) is 22.2 Å². The second-order valence-electron chi connectivity index (χ2n) is 7.57. The van der Waals surface area contributed by atoms with E-state index in [-0.39, 0.29) is 5.91 Å². The Balaban J connectivity index is 1.18. The molecule has 1 aliphatic heterocycles. The van der Waals surface area contributed by atoms with E-state index < -0.39 is 0 Å². The molecule has 5 rings (SSSR count).